The minimum Gasteiger partial charge on any atom is -0.299 e. The maximum Gasteiger partial charge on any atom is 0.416 e. The summed E-state index contributed by atoms with van der Waals surface area (Å²) in [6, 6.07) is 21.1. The van der Waals surface area contributed by atoms with Gasteiger partial charge in [-0.3, -0.25) is 4.90 Å². The number of benzene rings is 3. The van der Waals surface area contributed by atoms with Gasteiger partial charge in [-0.05, 0) is 73.0 Å². The Morgan fingerprint density at radius 3 is 2.06 bits per heavy atom. The molecular formula is C26H23F3N2O2S. The van der Waals surface area contributed by atoms with Crippen LogP contribution in [0.3, 0.4) is 0 Å². The van der Waals surface area contributed by atoms with Crippen LogP contribution in [-0.2, 0) is 22.6 Å². The molecule has 0 aliphatic carbocycles. The average molecular weight is 485 g/mol. The van der Waals surface area contributed by atoms with Crippen LogP contribution in [0.1, 0.15) is 29.5 Å². The van der Waals surface area contributed by atoms with Crippen molar-refractivity contribution >= 4 is 9.84 Å². The minimum absolute atomic E-state index is 0.265. The van der Waals surface area contributed by atoms with E-state index in [4.69, 9.17) is 5.26 Å². The van der Waals surface area contributed by atoms with Gasteiger partial charge in [-0.1, -0.05) is 42.5 Å². The summed E-state index contributed by atoms with van der Waals surface area (Å²) in [4.78, 5) is 2.26. The highest BCUT2D eigenvalue weighted by molar-refractivity contribution is 7.92. The second kappa shape index (κ2) is 9.61. The van der Waals surface area contributed by atoms with Crippen LogP contribution in [-0.4, -0.2) is 31.7 Å². The number of piperidine rings is 1. The molecule has 0 unspecified atom stereocenters. The fraction of sp³-hybridized carbons (Fsp3) is 0.269. The lowest BCUT2D eigenvalue weighted by molar-refractivity contribution is -0.137. The third-order valence-corrected chi connectivity index (χ3v) is 8.44. The van der Waals surface area contributed by atoms with Gasteiger partial charge >= 0.3 is 6.18 Å². The number of halogens is 3. The zero-order chi connectivity index (χ0) is 24.3. The Bertz CT molecular complexity index is 1290. The van der Waals surface area contributed by atoms with Gasteiger partial charge in [0.1, 0.15) is 0 Å². The first-order chi connectivity index (χ1) is 16.2. The zero-order valence-electron chi connectivity index (χ0n) is 18.3. The van der Waals surface area contributed by atoms with Crippen LogP contribution < -0.4 is 0 Å². The van der Waals surface area contributed by atoms with Crippen molar-refractivity contribution < 1.29 is 21.6 Å². The highest BCUT2D eigenvalue weighted by atomic mass is 32.2. The molecule has 1 heterocycles. The third-order valence-electron chi connectivity index (χ3n) is 6.16. The molecule has 176 valence electrons. The first kappa shape index (κ1) is 24.0. The second-order valence-electron chi connectivity index (χ2n) is 8.43. The van der Waals surface area contributed by atoms with Crippen LogP contribution in [0.25, 0.3) is 11.1 Å². The van der Waals surface area contributed by atoms with Gasteiger partial charge in [0.05, 0.1) is 27.3 Å². The Morgan fingerprint density at radius 2 is 1.50 bits per heavy atom. The van der Waals surface area contributed by atoms with Gasteiger partial charge in [0.15, 0.2) is 9.84 Å². The van der Waals surface area contributed by atoms with Gasteiger partial charge in [0.25, 0.3) is 0 Å². The summed E-state index contributed by atoms with van der Waals surface area (Å²) in [6.45, 7) is 1.36. The van der Waals surface area contributed by atoms with E-state index in [1.807, 2.05) is 17.0 Å². The van der Waals surface area contributed by atoms with E-state index in [2.05, 4.69) is 6.07 Å². The predicted molar refractivity (Wildman–Crippen MR) is 124 cm³/mol. The molecule has 1 saturated heterocycles. The number of nitriles is 1. The maximum absolute atomic E-state index is 13.2. The van der Waals surface area contributed by atoms with E-state index in [9.17, 15) is 21.6 Å². The molecule has 8 heteroatoms. The van der Waals surface area contributed by atoms with Gasteiger partial charge in [0.2, 0.25) is 0 Å². The van der Waals surface area contributed by atoms with E-state index < -0.39 is 26.8 Å². The molecular weight excluding hydrogens is 461 g/mol. The van der Waals surface area contributed by atoms with Gasteiger partial charge in [-0.15, -0.1) is 0 Å². The smallest absolute Gasteiger partial charge is 0.299 e. The van der Waals surface area contributed by atoms with Crippen molar-refractivity contribution in [2.24, 2.45) is 0 Å². The molecule has 3 aromatic rings. The fourth-order valence-electron chi connectivity index (χ4n) is 4.25. The normalized spacial score (nSPS) is 15.7. The number of hydrogen-bond acceptors (Lipinski definition) is 4. The largest absolute Gasteiger partial charge is 0.416 e. The molecule has 0 bridgehead atoms. The third kappa shape index (κ3) is 5.32. The zero-order valence-corrected chi connectivity index (χ0v) is 19.1. The summed E-state index contributed by atoms with van der Waals surface area (Å²) >= 11 is 0. The van der Waals surface area contributed by atoms with Crippen LogP contribution in [0.15, 0.2) is 77.7 Å². The lowest BCUT2D eigenvalue weighted by atomic mass is 10.0. The number of rotatable bonds is 5. The van der Waals surface area contributed by atoms with Crippen molar-refractivity contribution in [3.8, 4) is 17.2 Å². The lowest BCUT2D eigenvalue weighted by Gasteiger charge is -2.31. The molecule has 0 amide bonds. The van der Waals surface area contributed by atoms with E-state index in [-0.39, 0.29) is 4.90 Å². The molecule has 1 aliphatic heterocycles. The monoisotopic (exact) mass is 484 g/mol. The highest BCUT2D eigenvalue weighted by Gasteiger charge is 2.32. The summed E-state index contributed by atoms with van der Waals surface area (Å²) in [5, 5.41) is 8.40. The Kier molecular flexibility index (Phi) is 6.78. The van der Waals surface area contributed by atoms with Crippen molar-refractivity contribution in [3.63, 3.8) is 0 Å². The Morgan fingerprint density at radius 1 is 0.912 bits per heavy atom. The van der Waals surface area contributed by atoms with Gasteiger partial charge in [-0.2, -0.15) is 18.4 Å². The highest BCUT2D eigenvalue weighted by Crippen LogP contribution is 2.31. The van der Waals surface area contributed by atoms with Crippen LogP contribution in [0, 0.1) is 11.3 Å². The van der Waals surface area contributed by atoms with E-state index >= 15 is 0 Å². The molecule has 34 heavy (non-hydrogen) atoms. The van der Waals surface area contributed by atoms with Crippen molar-refractivity contribution in [2.75, 3.05) is 13.1 Å². The first-order valence-electron chi connectivity index (χ1n) is 10.9. The molecule has 0 N–H and O–H groups in total. The molecule has 1 aliphatic rings. The molecule has 4 rings (SSSR count). The topological polar surface area (TPSA) is 61.2 Å². The molecule has 0 saturated carbocycles. The number of hydrogen-bond donors (Lipinski definition) is 0. The molecule has 0 spiro atoms. The second-order valence-corrected chi connectivity index (χ2v) is 10.7. The SMILES string of the molecule is N#Cc1ccc(-c2ccc(S(=O)(=O)C3CCN(Cc4cccc(C(F)(F)F)c4)CC3)cc2)cc1. The fourth-order valence-corrected chi connectivity index (χ4v) is 5.98. The minimum atomic E-state index is -4.38. The first-order valence-corrected chi connectivity index (χ1v) is 12.4. The van der Waals surface area contributed by atoms with Gasteiger partial charge in [0, 0.05) is 6.54 Å². The summed E-state index contributed by atoms with van der Waals surface area (Å²) in [7, 11) is -3.51. The van der Waals surface area contributed by atoms with Crippen LogP contribution in [0.5, 0.6) is 0 Å². The number of alkyl halides is 3. The van der Waals surface area contributed by atoms with Crippen molar-refractivity contribution in [1.29, 1.82) is 5.26 Å². The standard InChI is InChI=1S/C26H23F3N2O2S/c27-26(28,29)23-3-1-2-20(16-23)18-31-14-12-25(13-15-31)34(32,33)24-10-8-22(9-11-24)21-6-4-19(17-30)5-7-21/h1-11,16,25H,12-15,18H2. The summed E-state index contributed by atoms with van der Waals surface area (Å²) in [5.74, 6) is 0. The van der Waals surface area contributed by atoms with Gasteiger partial charge in [-0.25, -0.2) is 8.42 Å². The number of nitrogens with zero attached hydrogens (tertiary/aromatic N) is 2. The summed E-state index contributed by atoms with van der Waals surface area (Å²) < 4.78 is 65.2. The quantitative estimate of drug-likeness (QED) is 0.467. The lowest BCUT2D eigenvalue weighted by Crippen LogP contribution is -2.38. The van der Waals surface area contributed by atoms with Crippen molar-refractivity contribution in [3.05, 3.63) is 89.5 Å². The Hall–Kier alpha value is -3.15. The van der Waals surface area contributed by atoms with Crippen molar-refractivity contribution in [1.82, 2.24) is 4.90 Å². The van der Waals surface area contributed by atoms with E-state index in [0.717, 1.165) is 23.3 Å². The Labute approximate surface area is 197 Å². The number of likely N-dealkylation sites (tertiary alicyclic amines) is 1. The summed E-state index contributed by atoms with van der Waals surface area (Å²) in [5.41, 5.74) is 2.20. The van der Waals surface area contributed by atoms with E-state index in [1.165, 1.54) is 6.07 Å². The van der Waals surface area contributed by atoms with Crippen LogP contribution >= 0.6 is 0 Å². The van der Waals surface area contributed by atoms with E-state index in [0.29, 0.717) is 43.6 Å². The molecule has 0 atom stereocenters. The van der Waals surface area contributed by atoms with Gasteiger partial charge < -0.3 is 0 Å². The molecule has 3 aromatic carbocycles. The van der Waals surface area contributed by atoms with Crippen LogP contribution in [0.4, 0.5) is 13.2 Å². The molecule has 0 radical (unpaired) electrons. The van der Waals surface area contributed by atoms with Crippen molar-refractivity contribution in [2.45, 2.75) is 35.7 Å². The maximum atomic E-state index is 13.2. The van der Waals surface area contributed by atoms with E-state index in [1.54, 1.807) is 42.5 Å². The molecule has 4 nitrogen and oxygen atoms in total. The Balaban J connectivity index is 1.39. The summed E-state index contributed by atoms with van der Waals surface area (Å²) in [6.07, 6.45) is -3.52. The average Bonchev–Trinajstić information content (AvgIpc) is 2.84. The predicted octanol–water partition coefficient (Wildman–Crippen LogP) is 5.68. The molecule has 0 aromatic heterocycles. The van der Waals surface area contributed by atoms with Crippen LogP contribution in [0.2, 0.25) is 0 Å². The number of sulfone groups is 1. The molecule has 1 fully saturated rings.